The van der Waals surface area contributed by atoms with Crippen LogP contribution in [-0.4, -0.2) is 12.5 Å². The van der Waals surface area contributed by atoms with E-state index in [4.69, 9.17) is 5.73 Å². The van der Waals surface area contributed by atoms with Crippen LogP contribution >= 0.6 is 0 Å². The average Bonchev–Trinajstić information content (AvgIpc) is 2.53. The van der Waals surface area contributed by atoms with Gasteiger partial charge in [0.1, 0.15) is 0 Å². The van der Waals surface area contributed by atoms with Gasteiger partial charge in [-0.05, 0) is 36.1 Å². The van der Waals surface area contributed by atoms with Gasteiger partial charge >= 0.3 is 0 Å². The molecule has 2 aromatic carbocycles. The predicted molar refractivity (Wildman–Crippen MR) is 87.1 cm³/mol. The number of carbonyl (C=O) groups excluding carboxylic acids is 1. The summed E-state index contributed by atoms with van der Waals surface area (Å²) in [4.78, 5) is 12.4. The summed E-state index contributed by atoms with van der Waals surface area (Å²) in [7, 11) is 0. The highest BCUT2D eigenvalue weighted by atomic mass is 16.1. The zero-order valence-electron chi connectivity index (χ0n) is 12.4. The molecule has 1 atom stereocenters. The van der Waals surface area contributed by atoms with Crippen molar-refractivity contribution in [3.05, 3.63) is 65.7 Å². The Bertz CT molecular complexity index is 581. The zero-order chi connectivity index (χ0) is 15.1. The molecule has 0 radical (unpaired) electrons. The first-order valence-corrected chi connectivity index (χ1v) is 7.36. The maximum atomic E-state index is 12.4. The Balaban J connectivity index is 2.02. The number of anilines is 1. The molecular formula is C18H22N2O. The van der Waals surface area contributed by atoms with E-state index in [0.29, 0.717) is 13.0 Å². The van der Waals surface area contributed by atoms with Gasteiger partial charge in [-0.3, -0.25) is 4.79 Å². The number of hydrogen-bond donors (Lipinski definition) is 2. The van der Waals surface area contributed by atoms with Crippen molar-refractivity contribution in [2.24, 2.45) is 11.7 Å². The van der Waals surface area contributed by atoms with Crippen molar-refractivity contribution in [3.8, 4) is 0 Å². The monoisotopic (exact) mass is 282 g/mol. The van der Waals surface area contributed by atoms with Crippen molar-refractivity contribution in [3.63, 3.8) is 0 Å². The highest BCUT2D eigenvalue weighted by molar-refractivity contribution is 5.92. The van der Waals surface area contributed by atoms with Gasteiger partial charge in [-0.25, -0.2) is 0 Å². The van der Waals surface area contributed by atoms with Crippen LogP contribution in [0.15, 0.2) is 54.6 Å². The first-order chi connectivity index (χ1) is 10.2. The molecule has 0 aromatic heterocycles. The van der Waals surface area contributed by atoms with Crippen molar-refractivity contribution in [2.75, 3.05) is 11.9 Å². The van der Waals surface area contributed by atoms with E-state index in [9.17, 15) is 4.79 Å². The van der Waals surface area contributed by atoms with Crippen LogP contribution in [-0.2, 0) is 17.6 Å². The van der Waals surface area contributed by atoms with Crippen LogP contribution < -0.4 is 11.1 Å². The summed E-state index contributed by atoms with van der Waals surface area (Å²) in [6, 6.07) is 17.9. The predicted octanol–water partition coefficient (Wildman–Crippen LogP) is 3.01. The second-order valence-corrected chi connectivity index (χ2v) is 5.17. The molecule has 2 aromatic rings. The number of carbonyl (C=O) groups is 1. The molecule has 3 N–H and O–H groups in total. The zero-order valence-corrected chi connectivity index (χ0v) is 12.4. The first kappa shape index (κ1) is 15.3. The third-order valence-corrected chi connectivity index (χ3v) is 3.58. The molecule has 0 spiro atoms. The molecule has 0 aliphatic carbocycles. The Morgan fingerprint density at radius 2 is 1.81 bits per heavy atom. The molecule has 110 valence electrons. The van der Waals surface area contributed by atoms with Crippen LogP contribution in [0, 0.1) is 5.92 Å². The van der Waals surface area contributed by atoms with E-state index in [1.807, 2.05) is 48.5 Å². The lowest BCUT2D eigenvalue weighted by molar-refractivity contribution is -0.119. The molecule has 1 amide bonds. The number of nitrogens with one attached hydrogen (secondary N) is 1. The first-order valence-electron chi connectivity index (χ1n) is 7.36. The van der Waals surface area contributed by atoms with Crippen LogP contribution in [0.1, 0.15) is 18.1 Å². The van der Waals surface area contributed by atoms with Gasteiger partial charge in [-0.15, -0.1) is 0 Å². The average molecular weight is 282 g/mol. The molecule has 1 unspecified atom stereocenters. The lowest BCUT2D eigenvalue weighted by Crippen LogP contribution is -2.31. The number of amides is 1. The lowest BCUT2D eigenvalue weighted by atomic mass is 9.98. The van der Waals surface area contributed by atoms with E-state index in [1.54, 1.807) is 0 Å². The summed E-state index contributed by atoms with van der Waals surface area (Å²) in [5.74, 6) is -0.229. The second kappa shape index (κ2) is 7.60. The van der Waals surface area contributed by atoms with Crippen molar-refractivity contribution in [2.45, 2.75) is 19.8 Å². The molecule has 0 saturated heterocycles. The number of aryl methyl sites for hydroxylation is 1. The van der Waals surface area contributed by atoms with Crippen molar-refractivity contribution >= 4 is 11.6 Å². The Morgan fingerprint density at radius 3 is 2.48 bits per heavy atom. The fourth-order valence-electron chi connectivity index (χ4n) is 2.30. The topological polar surface area (TPSA) is 55.1 Å². The van der Waals surface area contributed by atoms with E-state index in [1.165, 1.54) is 5.56 Å². The number of rotatable bonds is 6. The Labute approximate surface area is 126 Å². The van der Waals surface area contributed by atoms with Crippen LogP contribution in [0.4, 0.5) is 5.69 Å². The van der Waals surface area contributed by atoms with Gasteiger partial charge in [-0.1, -0.05) is 49.4 Å². The minimum absolute atomic E-state index is 0.0189. The van der Waals surface area contributed by atoms with Crippen molar-refractivity contribution in [1.29, 1.82) is 0 Å². The third-order valence-electron chi connectivity index (χ3n) is 3.58. The summed E-state index contributed by atoms with van der Waals surface area (Å²) < 4.78 is 0. The smallest absolute Gasteiger partial charge is 0.229 e. The van der Waals surface area contributed by atoms with Crippen molar-refractivity contribution < 1.29 is 4.79 Å². The largest absolute Gasteiger partial charge is 0.330 e. The van der Waals surface area contributed by atoms with Gasteiger partial charge < -0.3 is 11.1 Å². The molecule has 21 heavy (non-hydrogen) atoms. The maximum absolute atomic E-state index is 12.4. The summed E-state index contributed by atoms with van der Waals surface area (Å²) in [5, 5.41) is 2.97. The van der Waals surface area contributed by atoms with Crippen LogP contribution in [0.2, 0.25) is 0 Å². The van der Waals surface area contributed by atoms with Crippen LogP contribution in [0.3, 0.4) is 0 Å². The van der Waals surface area contributed by atoms with E-state index in [0.717, 1.165) is 17.7 Å². The molecule has 0 aliphatic rings. The van der Waals surface area contributed by atoms with Gasteiger partial charge in [-0.2, -0.15) is 0 Å². The van der Waals surface area contributed by atoms with Gasteiger partial charge in [0.2, 0.25) is 5.91 Å². The summed E-state index contributed by atoms with van der Waals surface area (Å²) in [6.45, 7) is 2.44. The van der Waals surface area contributed by atoms with Gasteiger partial charge in [0.25, 0.3) is 0 Å². The molecule has 2 rings (SSSR count). The Kier molecular flexibility index (Phi) is 5.52. The molecule has 0 fully saturated rings. The highest BCUT2D eigenvalue weighted by Crippen LogP contribution is 2.14. The molecule has 0 heterocycles. The number of hydrogen-bond acceptors (Lipinski definition) is 2. The molecule has 0 aliphatic heterocycles. The lowest BCUT2D eigenvalue weighted by Gasteiger charge is -2.15. The minimum Gasteiger partial charge on any atom is -0.330 e. The minimum atomic E-state index is -0.210. The molecular weight excluding hydrogens is 260 g/mol. The number of nitrogens with two attached hydrogens (primary N) is 1. The normalized spacial score (nSPS) is 11.9. The van der Waals surface area contributed by atoms with Crippen molar-refractivity contribution in [1.82, 2.24) is 0 Å². The SMILES string of the molecule is CCc1cccc(NC(=O)C(CN)Cc2ccccc2)c1. The summed E-state index contributed by atoms with van der Waals surface area (Å²) >= 11 is 0. The molecule has 3 nitrogen and oxygen atoms in total. The van der Waals surface area contributed by atoms with E-state index in [2.05, 4.69) is 18.3 Å². The van der Waals surface area contributed by atoms with E-state index in [-0.39, 0.29) is 11.8 Å². The third kappa shape index (κ3) is 4.43. The summed E-state index contributed by atoms with van der Waals surface area (Å²) in [5.41, 5.74) is 8.95. The maximum Gasteiger partial charge on any atom is 0.229 e. The van der Waals surface area contributed by atoms with Gasteiger partial charge in [0.05, 0.1) is 5.92 Å². The standard InChI is InChI=1S/C18H22N2O/c1-2-14-9-6-10-17(12-14)20-18(21)16(13-19)11-15-7-4-3-5-8-15/h3-10,12,16H,2,11,13,19H2,1H3,(H,20,21). The quantitative estimate of drug-likeness (QED) is 0.855. The Morgan fingerprint density at radius 1 is 1.10 bits per heavy atom. The highest BCUT2D eigenvalue weighted by Gasteiger charge is 2.17. The van der Waals surface area contributed by atoms with E-state index < -0.39 is 0 Å². The van der Waals surface area contributed by atoms with Gasteiger partial charge in [0.15, 0.2) is 0 Å². The van der Waals surface area contributed by atoms with Gasteiger partial charge in [0, 0.05) is 12.2 Å². The summed E-state index contributed by atoms with van der Waals surface area (Å²) in [6.07, 6.45) is 1.62. The molecule has 0 bridgehead atoms. The second-order valence-electron chi connectivity index (χ2n) is 5.17. The van der Waals surface area contributed by atoms with Crippen LogP contribution in [0.25, 0.3) is 0 Å². The molecule has 3 heteroatoms. The van der Waals surface area contributed by atoms with E-state index >= 15 is 0 Å². The Hall–Kier alpha value is -2.13. The molecule has 0 saturated carbocycles. The van der Waals surface area contributed by atoms with Crippen LogP contribution in [0.5, 0.6) is 0 Å². The fourth-order valence-corrected chi connectivity index (χ4v) is 2.30. The fraction of sp³-hybridized carbons (Fsp3) is 0.278. The number of benzene rings is 2.